The minimum absolute atomic E-state index is 0.729. The molecule has 0 N–H and O–H groups in total. The molecule has 3 rings (SSSR count). The first-order valence-corrected chi connectivity index (χ1v) is 8.16. The smallest absolute Gasteiger partial charge is 0.171 e. The zero-order valence-electron chi connectivity index (χ0n) is 11.8. The first kappa shape index (κ1) is 14.4. The van der Waals surface area contributed by atoms with Gasteiger partial charge in [0.1, 0.15) is 5.03 Å². The van der Waals surface area contributed by atoms with Crippen LogP contribution in [-0.4, -0.2) is 21.6 Å². The van der Waals surface area contributed by atoms with Crippen molar-refractivity contribution in [1.82, 2.24) is 9.88 Å². The van der Waals surface area contributed by atoms with Gasteiger partial charge in [-0.3, -0.25) is 0 Å². The van der Waals surface area contributed by atoms with Crippen LogP contribution in [0.25, 0.3) is 0 Å². The zero-order chi connectivity index (χ0) is 14.7. The Bertz CT molecular complexity index is 655. The molecule has 1 aromatic carbocycles. The van der Waals surface area contributed by atoms with Crippen LogP contribution in [0.4, 0.5) is 5.69 Å². The fraction of sp³-hybridized carbons (Fsp3) is 0.250. The number of fused-ring (bicyclic) bond motifs is 1. The molecule has 0 radical (unpaired) electrons. The van der Waals surface area contributed by atoms with Crippen molar-refractivity contribution < 1.29 is 0 Å². The Hall–Kier alpha value is -1.52. The Morgan fingerprint density at radius 1 is 1.29 bits per heavy atom. The summed E-state index contributed by atoms with van der Waals surface area (Å²) in [6.45, 7) is 4.05. The van der Waals surface area contributed by atoms with Crippen molar-refractivity contribution in [2.24, 2.45) is 4.99 Å². The Balaban J connectivity index is 1.93. The van der Waals surface area contributed by atoms with E-state index in [0.29, 0.717) is 0 Å². The molecule has 0 spiro atoms. The molecule has 0 bridgehead atoms. The highest BCUT2D eigenvalue weighted by atomic mass is 35.5. The number of aromatic nitrogens is 1. The SMILES string of the molecule is CCCN1Cc2cccnc2SC1=Nc1ccc(Cl)cc1. The molecule has 1 aliphatic rings. The number of pyridine rings is 1. The van der Waals surface area contributed by atoms with Crippen molar-refractivity contribution in [3.63, 3.8) is 0 Å². The summed E-state index contributed by atoms with van der Waals surface area (Å²) in [4.78, 5) is 11.5. The van der Waals surface area contributed by atoms with Crippen molar-refractivity contribution in [2.75, 3.05) is 6.54 Å². The van der Waals surface area contributed by atoms with E-state index in [4.69, 9.17) is 16.6 Å². The van der Waals surface area contributed by atoms with Gasteiger partial charge in [0.15, 0.2) is 5.17 Å². The summed E-state index contributed by atoms with van der Waals surface area (Å²) in [6, 6.07) is 11.7. The average Bonchev–Trinajstić information content (AvgIpc) is 2.50. The molecule has 0 fully saturated rings. The van der Waals surface area contributed by atoms with Crippen molar-refractivity contribution >= 4 is 34.2 Å². The maximum atomic E-state index is 5.93. The maximum absolute atomic E-state index is 5.93. The summed E-state index contributed by atoms with van der Waals surface area (Å²) in [7, 11) is 0. The molecule has 0 amide bonds. The maximum Gasteiger partial charge on any atom is 0.171 e. The van der Waals surface area contributed by atoms with Gasteiger partial charge in [-0.05, 0) is 48.5 Å². The Morgan fingerprint density at radius 2 is 2.10 bits per heavy atom. The van der Waals surface area contributed by atoms with E-state index in [-0.39, 0.29) is 0 Å². The fourth-order valence-electron chi connectivity index (χ4n) is 2.22. The first-order valence-electron chi connectivity index (χ1n) is 6.97. The molecule has 3 nitrogen and oxygen atoms in total. The highest BCUT2D eigenvalue weighted by molar-refractivity contribution is 8.13. The average molecular weight is 318 g/mol. The number of hydrogen-bond donors (Lipinski definition) is 0. The highest BCUT2D eigenvalue weighted by Gasteiger charge is 2.22. The molecule has 5 heteroatoms. The number of nitrogens with zero attached hydrogens (tertiary/aromatic N) is 3. The van der Waals surface area contributed by atoms with Gasteiger partial charge in [-0.1, -0.05) is 24.6 Å². The third kappa shape index (κ3) is 3.39. The molecule has 0 atom stereocenters. The largest absolute Gasteiger partial charge is 0.346 e. The summed E-state index contributed by atoms with van der Waals surface area (Å²) in [5.74, 6) is 0. The summed E-state index contributed by atoms with van der Waals surface area (Å²) in [5.41, 5.74) is 2.19. The monoisotopic (exact) mass is 317 g/mol. The minimum Gasteiger partial charge on any atom is -0.346 e. The van der Waals surface area contributed by atoms with E-state index in [9.17, 15) is 0 Å². The summed E-state index contributed by atoms with van der Waals surface area (Å²) in [5, 5.41) is 2.79. The van der Waals surface area contributed by atoms with Gasteiger partial charge in [-0.15, -0.1) is 0 Å². The first-order chi connectivity index (χ1) is 10.3. The van der Waals surface area contributed by atoms with Gasteiger partial charge in [0.05, 0.1) is 5.69 Å². The Morgan fingerprint density at radius 3 is 2.86 bits per heavy atom. The molecule has 0 unspecified atom stereocenters. The van der Waals surface area contributed by atoms with Crippen LogP contribution in [0.3, 0.4) is 0 Å². The molecule has 1 aromatic heterocycles. The summed E-state index contributed by atoms with van der Waals surface area (Å²) >= 11 is 7.56. The van der Waals surface area contributed by atoms with E-state index in [2.05, 4.69) is 22.9 Å². The highest BCUT2D eigenvalue weighted by Crippen LogP contribution is 2.32. The van der Waals surface area contributed by atoms with Gasteiger partial charge < -0.3 is 4.90 Å². The normalized spacial score (nSPS) is 16.1. The van der Waals surface area contributed by atoms with Crippen LogP contribution >= 0.6 is 23.4 Å². The Labute approximate surface area is 134 Å². The lowest BCUT2D eigenvalue weighted by Crippen LogP contribution is -2.32. The second-order valence-electron chi connectivity index (χ2n) is 4.86. The topological polar surface area (TPSA) is 28.5 Å². The molecule has 2 heterocycles. The molecule has 0 saturated heterocycles. The van der Waals surface area contributed by atoms with E-state index in [1.807, 2.05) is 36.5 Å². The molecular weight excluding hydrogens is 302 g/mol. The number of thioether (sulfide) groups is 1. The van der Waals surface area contributed by atoms with Gasteiger partial charge >= 0.3 is 0 Å². The molecule has 21 heavy (non-hydrogen) atoms. The van der Waals surface area contributed by atoms with E-state index in [0.717, 1.165) is 40.4 Å². The van der Waals surface area contributed by atoms with Crippen LogP contribution in [0.5, 0.6) is 0 Å². The molecule has 0 aliphatic carbocycles. The summed E-state index contributed by atoms with van der Waals surface area (Å²) in [6.07, 6.45) is 2.93. The van der Waals surface area contributed by atoms with Gasteiger partial charge in [-0.25, -0.2) is 9.98 Å². The van der Waals surface area contributed by atoms with E-state index < -0.39 is 0 Å². The number of amidine groups is 1. The predicted octanol–water partition coefficient (Wildman–Crippen LogP) is 4.74. The van der Waals surface area contributed by atoms with Crippen molar-refractivity contribution in [3.8, 4) is 0 Å². The van der Waals surface area contributed by atoms with Crippen LogP contribution in [-0.2, 0) is 6.54 Å². The molecule has 2 aromatic rings. The fourth-order valence-corrected chi connectivity index (χ4v) is 3.34. The molecule has 1 aliphatic heterocycles. The number of rotatable bonds is 3. The predicted molar refractivity (Wildman–Crippen MR) is 89.3 cm³/mol. The lowest BCUT2D eigenvalue weighted by atomic mass is 10.2. The van der Waals surface area contributed by atoms with E-state index >= 15 is 0 Å². The van der Waals surface area contributed by atoms with Crippen LogP contribution < -0.4 is 0 Å². The van der Waals surface area contributed by atoms with Crippen molar-refractivity contribution in [1.29, 1.82) is 0 Å². The molecule has 108 valence electrons. The van der Waals surface area contributed by atoms with Crippen LogP contribution in [0.15, 0.2) is 52.6 Å². The lowest BCUT2D eigenvalue weighted by Gasteiger charge is -2.30. The second kappa shape index (κ2) is 6.50. The third-order valence-corrected chi connectivity index (χ3v) is 4.56. The van der Waals surface area contributed by atoms with Gasteiger partial charge in [0.2, 0.25) is 0 Å². The van der Waals surface area contributed by atoms with Gasteiger partial charge in [-0.2, -0.15) is 0 Å². The number of aliphatic imine (C=N–C) groups is 1. The summed E-state index contributed by atoms with van der Waals surface area (Å²) < 4.78 is 0. The van der Waals surface area contributed by atoms with Gasteiger partial charge in [0.25, 0.3) is 0 Å². The third-order valence-electron chi connectivity index (χ3n) is 3.21. The van der Waals surface area contributed by atoms with Crippen LogP contribution in [0.1, 0.15) is 18.9 Å². The molecular formula is C16H16ClN3S. The standard InChI is InChI=1S/C16H16ClN3S/c1-2-10-20-11-12-4-3-9-18-15(12)21-16(20)19-14-7-5-13(17)6-8-14/h3-9H,2,10-11H2,1H3. The second-order valence-corrected chi connectivity index (χ2v) is 6.25. The minimum atomic E-state index is 0.729. The number of hydrogen-bond acceptors (Lipinski definition) is 3. The lowest BCUT2D eigenvalue weighted by molar-refractivity contribution is 0.411. The van der Waals surface area contributed by atoms with Gasteiger partial charge in [0, 0.05) is 29.9 Å². The van der Waals surface area contributed by atoms with E-state index in [1.165, 1.54) is 5.56 Å². The zero-order valence-corrected chi connectivity index (χ0v) is 13.4. The van der Waals surface area contributed by atoms with Crippen molar-refractivity contribution in [2.45, 2.75) is 24.9 Å². The number of halogens is 1. The van der Waals surface area contributed by atoms with E-state index in [1.54, 1.807) is 11.8 Å². The van der Waals surface area contributed by atoms with Crippen LogP contribution in [0.2, 0.25) is 5.02 Å². The van der Waals surface area contributed by atoms with Crippen LogP contribution in [0, 0.1) is 0 Å². The molecule has 0 saturated carbocycles. The van der Waals surface area contributed by atoms with Crippen molar-refractivity contribution in [3.05, 3.63) is 53.2 Å². The number of benzene rings is 1. The Kier molecular flexibility index (Phi) is 4.46. The quantitative estimate of drug-likeness (QED) is 0.818.